The van der Waals surface area contributed by atoms with E-state index < -0.39 is 9.84 Å². The minimum absolute atomic E-state index is 0.0697. The highest BCUT2D eigenvalue weighted by Crippen LogP contribution is 2.13. The first kappa shape index (κ1) is 10.7. The minimum atomic E-state index is -3.08. The molecule has 0 aliphatic heterocycles. The first-order valence-electron chi connectivity index (χ1n) is 3.73. The van der Waals surface area contributed by atoms with Gasteiger partial charge in [-0.1, -0.05) is 0 Å². The SMILES string of the molecule is CC(C)S(=O)(=O)Cc1coc(Br)n1. The summed E-state index contributed by atoms with van der Waals surface area (Å²) in [6, 6.07) is 0. The summed E-state index contributed by atoms with van der Waals surface area (Å²) in [7, 11) is -3.08. The lowest BCUT2D eigenvalue weighted by Crippen LogP contribution is -2.16. The number of nitrogens with zero attached hydrogens (tertiary/aromatic N) is 1. The van der Waals surface area contributed by atoms with Crippen molar-refractivity contribution in [3.8, 4) is 0 Å². The maximum atomic E-state index is 11.4. The van der Waals surface area contributed by atoms with Crippen molar-refractivity contribution in [2.45, 2.75) is 24.9 Å². The van der Waals surface area contributed by atoms with Crippen LogP contribution < -0.4 is 0 Å². The second-order valence-corrected chi connectivity index (χ2v) is 6.18. The molecule has 0 aliphatic carbocycles. The molecule has 0 radical (unpaired) electrons. The van der Waals surface area contributed by atoms with Gasteiger partial charge in [-0.3, -0.25) is 0 Å². The molecule has 6 heteroatoms. The van der Waals surface area contributed by atoms with Gasteiger partial charge in [-0.05, 0) is 13.8 Å². The number of aromatic nitrogens is 1. The maximum Gasteiger partial charge on any atom is 0.264 e. The van der Waals surface area contributed by atoms with Crippen LogP contribution in [-0.2, 0) is 15.6 Å². The van der Waals surface area contributed by atoms with Crippen molar-refractivity contribution >= 4 is 25.8 Å². The van der Waals surface area contributed by atoms with E-state index in [0.29, 0.717) is 10.5 Å². The third-order valence-electron chi connectivity index (χ3n) is 1.59. The van der Waals surface area contributed by atoms with Crippen LogP contribution in [0.1, 0.15) is 19.5 Å². The molecule has 1 rings (SSSR count). The Morgan fingerprint density at radius 3 is 2.62 bits per heavy atom. The molecular formula is C7H10BrNO3S. The van der Waals surface area contributed by atoms with Gasteiger partial charge in [0.05, 0.1) is 16.7 Å². The van der Waals surface area contributed by atoms with Crippen LogP contribution in [0.5, 0.6) is 0 Å². The van der Waals surface area contributed by atoms with E-state index >= 15 is 0 Å². The van der Waals surface area contributed by atoms with Gasteiger partial charge >= 0.3 is 0 Å². The highest BCUT2D eigenvalue weighted by Gasteiger charge is 2.18. The summed E-state index contributed by atoms with van der Waals surface area (Å²) >= 11 is 3.00. The van der Waals surface area contributed by atoms with E-state index in [9.17, 15) is 8.42 Å². The molecule has 1 aromatic heterocycles. The number of hydrogen-bond acceptors (Lipinski definition) is 4. The van der Waals surface area contributed by atoms with Crippen molar-refractivity contribution in [1.29, 1.82) is 0 Å². The van der Waals surface area contributed by atoms with E-state index in [4.69, 9.17) is 4.42 Å². The molecule has 0 amide bonds. The standard InChI is InChI=1S/C7H10BrNO3S/c1-5(2)13(10,11)4-6-3-12-7(8)9-6/h3,5H,4H2,1-2H3. The largest absolute Gasteiger partial charge is 0.439 e. The molecule has 0 fully saturated rings. The van der Waals surface area contributed by atoms with E-state index in [1.54, 1.807) is 13.8 Å². The lowest BCUT2D eigenvalue weighted by molar-refractivity contribution is 0.528. The zero-order chi connectivity index (χ0) is 10.1. The van der Waals surface area contributed by atoms with Crippen LogP contribution in [0.2, 0.25) is 0 Å². The van der Waals surface area contributed by atoms with Crippen LogP contribution in [0, 0.1) is 0 Å². The van der Waals surface area contributed by atoms with Crippen molar-refractivity contribution in [1.82, 2.24) is 4.98 Å². The minimum Gasteiger partial charge on any atom is -0.439 e. The van der Waals surface area contributed by atoms with E-state index in [1.807, 2.05) is 0 Å². The summed E-state index contributed by atoms with van der Waals surface area (Å²) < 4.78 is 27.7. The molecule has 4 nitrogen and oxygen atoms in total. The van der Waals surface area contributed by atoms with E-state index in [-0.39, 0.29) is 11.0 Å². The summed E-state index contributed by atoms with van der Waals surface area (Å²) in [6.45, 7) is 3.29. The third kappa shape index (κ3) is 2.80. The third-order valence-corrected chi connectivity index (χ3v) is 4.09. The van der Waals surface area contributed by atoms with Crippen LogP contribution in [-0.4, -0.2) is 18.7 Å². The van der Waals surface area contributed by atoms with Gasteiger partial charge in [0.2, 0.25) is 0 Å². The quantitative estimate of drug-likeness (QED) is 0.838. The molecule has 0 N–H and O–H groups in total. The van der Waals surface area contributed by atoms with Gasteiger partial charge < -0.3 is 4.42 Å². The molecule has 0 bridgehead atoms. The Morgan fingerprint density at radius 2 is 2.23 bits per heavy atom. The molecule has 0 saturated heterocycles. The van der Waals surface area contributed by atoms with E-state index in [0.717, 1.165) is 0 Å². The summed E-state index contributed by atoms with van der Waals surface area (Å²) in [5.41, 5.74) is 0.431. The molecule has 1 aromatic rings. The van der Waals surface area contributed by atoms with Crippen LogP contribution >= 0.6 is 15.9 Å². The normalized spacial score (nSPS) is 12.3. The molecule has 0 unspecified atom stereocenters. The fraction of sp³-hybridized carbons (Fsp3) is 0.571. The zero-order valence-electron chi connectivity index (χ0n) is 7.32. The predicted molar refractivity (Wildman–Crippen MR) is 52.0 cm³/mol. The molecule has 0 saturated carbocycles. The number of sulfone groups is 1. The fourth-order valence-electron chi connectivity index (χ4n) is 0.721. The first-order valence-corrected chi connectivity index (χ1v) is 6.24. The van der Waals surface area contributed by atoms with Gasteiger partial charge in [0, 0.05) is 15.9 Å². The molecule has 74 valence electrons. The van der Waals surface area contributed by atoms with E-state index in [1.165, 1.54) is 6.26 Å². The number of halogens is 1. The Kier molecular flexibility index (Phi) is 3.13. The highest BCUT2D eigenvalue weighted by atomic mass is 79.9. The molecule has 0 aliphatic rings. The second kappa shape index (κ2) is 3.79. The second-order valence-electron chi connectivity index (χ2n) is 2.95. The number of rotatable bonds is 3. The van der Waals surface area contributed by atoms with Crippen molar-refractivity contribution in [2.75, 3.05) is 0 Å². The van der Waals surface area contributed by atoms with Crippen LogP contribution in [0.15, 0.2) is 15.5 Å². The Balaban J connectivity index is 2.81. The molecular weight excluding hydrogens is 258 g/mol. The zero-order valence-corrected chi connectivity index (χ0v) is 9.72. The average Bonchev–Trinajstić information content (AvgIpc) is 2.34. The lowest BCUT2D eigenvalue weighted by Gasteiger charge is -2.03. The van der Waals surface area contributed by atoms with Crippen molar-refractivity contribution in [2.24, 2.45) is 0 Å². The Labute approximate surface area is 85.4 Å². The van der Waals surface area contributed by atoms with Gasteiger partial charge in [0.25, 0.3) is 4.80 Å². The Bertz CT molecular complexity index is 382. The van der Waals surface area contributed by atoms with Crippen molar-refractivity contribution < 1.29 is 12.8 Å². The first-order chi connectivity index (χ1) is 5.92. The topological polar surface area (TPSA) is 60.2 Å². The molecule has 0 spiro atoms. The van der Waals surface area contributed by atoms with Gasteiger partial charge in [0.1, 0.15) is 6.26 Å². The Hall–Kier alpha value is -0.360. The lowest BCUT2D eigenvalue weighted by atomic mass is 10.6. The Morgan fingerprint density at radius 1 is 1.62 bits per heavy atom. The monoisotopic (exact) mass is 267 g/mol. The van der Waals surface area contributed by atoms with Gasteiger partial charge in [0.15, 0.2) is 9.84 Å². The van der Waals surface area contributed by atoms with Crippen LogP contribution in [0.3, 0.4) is 0 Å². The molecule has 13 heavy (non-hydrogen) atoms. The number of oxazole rings is 1. The molecule has 0 aromatic carbocycles. The average molecular weight is 268 g/mol. The fourth-order valence-corrected chi connectivity index (χ4v) is 1.92. The number of hydrogen-bond donors (Lipinski definition) is 0. The highest BCUT2D eigenvalue weighted by molar-refractivity contribution is 9.10. The van der Waals surface area contributed by atoms with Crippen molar-refractivity contribution in [3.63, 3.8) is 0 Å². The van der Waals surface area contributed by atoms with Gasteiger partial charge in [-0.25, -0.2) is 13.4 Å². The van der Waals surface area contributed by atoms with Crippen molar-refractivity contribution in [3.05, 3.63) is 16.8 Å². The predicted octanol–water partition coefficient (Wildman–Crippen LogP) is 1.76. The molecule has 1 heterocycles. The van der Waals surface area contributed by atoms with E-state index in [2.05, 4.69) is 20.9 Å². The van der Waals surface area contributed by atoms with Gasteiger partial charge in [-0.15, -0.1) is 0 Å². The molecule has 0 atom stereocenters. The van der Waals surface area contributed by atoms with Gasteiger partial charge in [-0.2, -0.15) is 0 Å². The summed E-state index contributed by atoms with van der Waals surface area (Å²) in [6.07, 6.45) is 1.34. The summed E-state index contributed by atoms with van der Waals surface area (Å²) in [5.74, 6) is -0.0697. The van der Waals surface area contributed by atoms with Crippen LogP contribution in [0.4, 0.5) is 0 Å². The summed E-state index contributed by atoms with van der Waals surface area (Å²) in [5, 5.41) is -0.386. The van der Waals surface area contributed by atoms with Crippen LogP contribution in [0.25, 0.3) is 0 Å². The summed E-state index contributed by atoms with van der Waals surface area (Å²) in [4.78, 5) is 4.16. The smallest absolute Gasteiger partial charge is 0.264 e. The maximum absolute atomic E-state index is 11.4.